The van der Waals surface area contributed by atoms with Crippen molar-refractivity contribution in [2.24, 2.45) is 0 Å². The van der Waals surface area contributed by atoms with Gasteiger partial charge in [-0.1, -0.05) is 0 Å². The fourth-order valence-corrected chi connectivity index (χ4v) is 3.30. The lowest BCUT2D eigenvalue weighted by Gasteiger charge is -2.23. The maximum Gasteiger partial charge on any atom is 0.157 e. The molecule has 1 aliphatic rings. The van der Waals surface area contributed by atoms with E-state index in [-0.39, 0.29) is 0 Å². The molecule has 1 saturated heterocycles. The van der Waals surface area contributed by atoms with Gasteiger partial charge in [0.2, 0.25) is 0 Å². The molecule has 0 aromatic carbocycles. The minimum atomic E-state index is 0.558. The fourth-order valence-electron chi connectivity index (χ4n) is 2.22. The van der Waals surface area contributed by atoms with Gasteiger partial charge in [0.1, 0.15) is 12.1 Å². The van der Waals surface area contributed by atoms with Crippen LogP contribution in [-0.2, 0) is 0 Å². The average Bonchev–Trinajstić information content (AvgIpc) is 2.78. The highest BCUT2D eigenvalue weighted by Crippen LogP contribution is 2.21. The molecule has 90 valence electrons. The number of pyridine rings is 1. The van der Waals surface area contributed by atoms with Crippen molar-refractivity contribution < 1.29 is 0 Å². The SMILES string of the molecule is Cc1cc(NC2CCCSC2)n2ncnc2c1. The maximum atomic E-state index is 4.26. The molecule has 17 heavy (non-hydrogen) atoms. The van der Waals surface area contributed by atoms with E-state index < -0.39 is 0 Å². The average molecular weight is 248 g/mol. The molecule has 0 bridgehead atoms. The number of nitrogens with one attached hydrogen (secondary N) is 1. The number of fused-ring (bicyclic) bond motifs is 1. The zero-order valence-corrected chi connectivity index (χ0v) is 10.7. The Balaban J connectivity index is 1.90. The fraction of sp³-hybridized carbons (Fsp3) is 0.500. The van der Waals surface area contributed by atoms with Gasteiger partial charge in [0.05, 0.1) is 0 Å². The van der Waals surface area contributed by atoms with Crippen LogP contribution in [0, 0.1) is 6.92 Å². The van der Waals surface area contributed by atoms with Crippen LogP contribution >= 0.6 is 11.8 Å². The van der Waals surface area contributed by atoms with Crippen LogP contribution in [0.2, 0.25) is 0 Å². The molecule has 0 spiro atoms. The van der Waals surface area contributed by atoms with E-state index in [0.717, 1.165) is 11.5 Å². The van der Waals surface area contributed by atoms with Crippen molar-refractivity contribution in [3.8, 4) is 0 Å². The van der Waals surface area contributed by atoms with Crippen molar-refractivity contribution in [1.82, 2.24) is 14.6 Å². The molecule has 5 heteroatoms. The number of rotatable bonds is 2. The summed E-state index contributed by atoms with van der Waals surface area (Å²) < 4.78 is 1.88. The van der Waals surface area contributed by atoms with Crippen molar-refractivity contribution in [1.29, 1.82) is 0 Å². The number of nitrogens with zero attached hydrogens (tertiary/aromatic N) is 3. The third kappa shape index (κ3) is 2.24. The van der Waals surface area contributed by atoms with Crippen molar-refractivity contribution >= 4 is 23.2 Å². The second-order valence-corrected chi connectivity index (χ2v) is 5.66. The molecule has 1 atom stereocenters. The zero-order chi connectivity index (χ0) is 11.7. The number of aryl methyl sites for hydroxylation is 1. The number of hydrogen-bond acceptors (Lipinski definition) is 4. The highest BCUT2D eigenvalue weighted by molar-refractivity contribution is 7.99. The molecule has 0 radical (unpaired) electrons. The Hall–Kier alpha value is -1.23. The summed E-state index contributed by atoms with van der Waals surface area (Å²) in [5.41, 5.74) is 2.13. The Bertz CT molecular complexity index is 516. The third-order valence-corrected chi connectivity index (χ3v) is 4.25. The van der Waals surface area contributed by atoms with Crippen LogP contribution in [-0.4, -0.2) is 32.1 Å². The van der Waals surface area contributed by atoms with Crippen LogP contribution in [0.3, 0.4) is 0 Å². The smallest absolute Gasteiger partial charge is 0.157 e. The second-order valence-electron chi connectivity index (χ2n) is 4.51. The van der Waals surface area contributed by atoms with E-state index in [1.807, 2.05) is 22.3 Å². The summed E-state index contributed by atoms with van der Waals surface area (Å²) in [7, 11) is 0. The second kappa shape index (κ2) is 4.56. The highest BCUT2D eigenvalue weighted by Gasteiger charge is 2.15. The van der Waals surface area contributed by atoms with Crippen molar-refractivity contribution in [3.63, 3.8) is 0 Å². The summed E-state index contributed by atoms with van der Waals surface area (Å²) >= 11 is 2.03. The summed E-state index contributed by atoms with van der Waals surface area (Å²) in [5, 5.41) is 7.85. The molecule has 0 amide bonds. The van der Waals surface area contributed by atoms with Gasteiger partial charge >= 0.3 is 0 Å². The summed E-state index contributed by atoms with van der Waals surface area (Å²) in [6.45, 7) is 2.09. The standard InChI is InChI=1S/C12H16N4S/c1-9-5-11-13-8-14-16(11)12(6-9)15-10-3-2-4-17-7-10/h5-6,8,10,15H,2-4,7H2,1H3. The predicted molar refractivity (Wildman–Crippen MR) is 71.7 cm³/mol. The molecular formula is C12H16N4S. The molecule has 1 unspecified atom stereocenters. The minimum Gasteiger partial charge on any atom is -0.366 e. The Morgan fingerprint density at radius 1 is 1.47 bits per heavy atom. The zero-order valence-electron chi connectivity index (χ0n) is 9.89. The van der Waals surface area contributed by atoms with Crippen molar-refractivity contribution in [2.45, 2.75) is 25.8 Å². The first-order chi connectivity index (χ1) is 8.33. The van der Waals surface area contributed by atoms with Gasteiger partial charge in [-0.15, -0.1) is 0 Å². The molecule has 2 aromatic rings. The van der Waals surface area contributed by atoms with Gasteiger partial charge in [-0.3, -0.25) is 0 Å². The van der Waals surface area contributed by atoms with E-state index in [4.69, 9.17) is 0 Å². The Labute approximate surface area is 105 Å². The van der Waals surface area contributed by atoms with Gasteiger partial charge < -0.3 is 5.32 Å². The summed E-state index contributed by atoms with van der Waals surface area (Å²) in [5.74, 6) is 3.54. The first-order valence-electron chi connectivity index (χ1n) is 5.97. The van der Waals surface area contributed by atoms with E-state index in [1.165, 1.54) is 29.9 Å². The minimum absolute atomic E-state index is 0.558. The molecule has 1 N–H and O–H groups in total. The lowest BCUT2D eigenvalue weighted by atomic mass is 10.2. The monoisotopic (exact) mass is 248 g/mol. The van der Waals surface area contributed by atoms with Crippen LogP contribution < -0.4 is 5.32 Å². The molecule has 4 nitrogen and oxygen atoms in total. The van der Waals surface area contributed by atoms with Crippen LogP contribution in [0.25, 0.3) is 5.65 Å². The van der Waals surface area contributed by atoms with Crippen molar-refractivity contribution in [3.05, 3.63) is 24.0 Å². The number of hydrogen-bond donors (Lipinski definition) is 1. The Morgan fingerprint density at radius 2 is 2.41 bits per heavy atom. The molecule has 0 saturated carbocycles. The van der Waals surface area contributed by atoms with Crippen LogP contribution in [0.15, 0.2) is 18.5 Å². The first kappa shape index (κ1) is 10.9. The highest BCUT2D eigenvalue weighted by atomic mass is 32.2. The molecular weight excluding hydrogens is 232 g/mol. The Kier molecular flexibility index (Phi) is 2.93. The number of aromatic nitrogens is 3. The molecule has 3 rings (SSSR count). The molecule has 1 aliphatic heterocycles. The quantitative estimate of drug-likeness (QED) is 0.886. The van der Waals surface area contributed by atoms with E-state index in [9.17, 15) is 0 Å². The largest absolute Gasteiger partial charge is 0.366 e. The van der Waals surface area contributed by atoms with Crippen LogP contribution in [0.5, 0.6) is 0 Å². The van der Waals surface area contributed by atoms with E-state index >= 15 is 0 Å². The summed E-state index contributed by atoms with van der Waals surface area (Å²) in [4.78, 5) is 4.24. The topological polar surface area (TPSA) is 42.2 Å². The van der Waals surface area contributed by atoms with Crippen LogP contribution in [0.4, 0.5) is 5.82 Å². The third-order valence-electron chi connectivity index (χ3n) is 3.04. The lowest BCUT2D eigenvalue weighted by molar-refractivity contribution is 0.678. The van der Waals surface area contributed by atoms with Crippen LogP contribution in [0.1, 0.15) is 18.4 Å². The van der Waals surface area contributed by atoms with Gasteiger partial charge in [0.15, 0.2) is 5.65 Å². The van der Waals surface area contributed by atoms with Gasteiger partial charge in [-0.25, -0.2) is 4.98 Å². The van der Waals surface area contributed by atoms with E-state index in [2.05, 4.69) is 28.4 Å². The molecule has 1 fully saturated rings. The van der Waals surface area contributed by atoms with Crippen molar-refractivity contribution in [2.75, 3.05) is 16.8 Å². The normalized spacial score (nSPS) is 20.6. The maximum absolute atomic E-state index is 4.26. The lowest BCUT2D eigenvalue weighted by Crippen LogP contribution is -2.26. The number of thioether (sulfide) groups is 1. The Morgan fingerprint density at radius 3 is 3.24 bits per heavy atom. The first-order valence-corrected chi connectivity index (χ1v) is 7.13. The molecule has 3 heterocycles. The molecule has 0 aliphatic carbocycles. The molecule has 2 aromatic heterocycles. The summed E-state index contributed by atoms with van der Waals surface area (Å²) in [6.07, 6.45) is 4.15. The van der Waals surface area contributed by atoms with Gasteiger partial charge in [-0.05, 0) is 43.2 Å². The van der Waals surface area contributed by atoms with Gasteiger partial charge in [0.25, 0.3) is 0 Å². The van der Waals surface area contributed by atoms with E-state index in [1.54, 1.807) is 6.33 Å². The van der Waals surface area contributed by atoms with Gasteiger partial charge in [-0.2, -0.15) is 21.4 Å². The van der Waals surface area contributed by atoms with E-state index in [0.29, 0.717) is 6.04 Å². The summed E-state index contributed by atoms with van der Waals surface area (Å²) in [6, 6.07) is 4.75. The predicted octanol–water partition coefficient (Wildman–Crippen LogP) is 2.35. The number of anilines is 1. The van der Waals surface area contributed by atoms with Gasteiger partial charge in [0, 0.05) is 11.8 Å².